The molecule has 35 heavy (non-hydrogen) atoms. The molecule has 0 radical (unpaired) electrons. The number of carbonyl (C=O) groups excluding carboxylic acids is 1. The van der Waals surface area contributed by atoms with Crippen molar-refractivity contribution in [2.24, 2.45) is 11.8 Å². The molecule has 10 heteroatoms. The van der Waals surface area contributed by atoms with Gasteiger partial charge in [0.05, 0.1) is 17.8 Å². The number of pyridine rings is 1. The first-order chi connectivity index (χ1) is 16.5. The summed E-state index contributed by atoms with van der Waals surface area (Å²) in [6.45, 7) is 10.0. The van der Waals surface area contributed by atoms with Crippen molar-refractivity contribution in [3.63, 3.8) is 0 Å². The van der Waals surface area contributed by atoms with Crippen molar-refractivity contribution >= 4 is 19.8 Å². The summed E-state index contributed by atoms with van der Waals surface area (Å²) in [5, 5.41) is 17.4. The van der Waals surface area contributed by atoms with Crippen molar-refractivity contribution in [2.75, 3.05) is 13.2 Å². The number of halogens is 1. The van der Waals surface area contributed by atoms with Crippen molar-refractivity contribution in [1.82, 2.24) is 20.1 Å². The Bertz CT molecular complexity index is 1120. The molecule has 2 N–H and O–H groups in total. The molecule has 1 aliphatic heterocycles. The van der Waals surface area contributed by atoms with Gasteiger partial charge in [-0.25, -0.2) is 9.07 Å². The number of nitrogens with one attached hydrogen (secondary N) is 1. The maximum Gasteiger partial charge on any atom is 0.306 e. The molecule has 0 aromatic carbocycles. The Hall–Kier alpha value is -2.43. The van der Waals surface area contributed by atoms with Gasteiger partial charge in [-0.3, -0.25) is 14.6 Å². The highest BCUT2D eigenvalue weighted by Gasteiger charge is 2.60. The van der Waals surface area contributed by atoms with Crippen LogP contribution in [-0.2, 0) is 22.7 Å². The highest BCUT2D eigenvalue weighted by atomic mass is 28.3. The summed E-state index contributed by atoms with van der Waals surface area (Å²) in [5.74, 6) is -2.21. The minimum atomic E-state index is -1.28. The number of hydrogen-bond acceptors (Lipinski definition) is 6. The van der Waals surface area contributed by atoms with Crippen LogP contribution in [0.4, 0.5) is 4.39 Å². The molecule has 1 saturated carbocycles. The number of aliphatic carboxylic acids is 1. The average molecular weight is 503 g/mol. The topological polar surface area (TPSA) is 106 Å². The number of Topliss-reactive ketones (excluding diaryl/α,β-unsaturated/α-hetero) is 1. The van der Waals surface area contributed by atoms with Crippen LogP contribution in [0.25, 0.3) is 11.3 Å². The van der Waals surface area contributed by atoms with E-state index in [0.717, 1.165) is 11.7 Å². The lowest BCUT2D eigenvalue weighted by atomic mass is 9.88. The van der Waals surface area contributed by atoms with Crippen LogP contribution in [-0.4, -0.2) is 58.4 Å². The monoisotopic (exact) mass is 502 g/mol. The molecule has 4 rings (SSSR count). The molecule has 8 nitrogen and oxygen atoms in total. The zero-order valence-corrected chi connectivity index (χ0v) is 21.9. The molecular formula is C25H35FN4O4Si. The molecule has 3 unspecified atom stereocenters. The molecule has 1 aliphatic carbocycles. The van der Waals surface area contributed by atoms with Crippen LogP contribution in [0.5, 0.6) is 0 Å². The van der Waals surface area contributed by atoms with E-state index in [-0.39, 0.29) is 24.1 Å². The Morgan fingerprint density at radius 2 is 2.09 bits per heavy atom. The number of ketones is 1. The predicted molar refractivity (Wildman–Crippen MR) is 132 cm³/mol. The van der Waals surface area contributed by atoms with Gasteiger partial charge in [0.15, 0.2) is 11.6 Å². The van der Waals surface area contributed by atoms with Gasteiger partial charge in [0.1, 0.15) is 12.4 Å². The molecule has 0 amide bonds. The van der Waals surface area contributed by atoms with Gasteiger partial charge in [-0.05, 0) is 50.4 Å². The fourth-order valence-corrected chi connectivity index (χ4v) is 5.58. The van der Waals surface area contributed by atoms with Crippen molar-refractivity contribution in [1.29, 1.82) is 0 Å². The minimum absolute atomic E-state index is 0.117. The van der Waals surface area contributed by atoms with E-state index in [1.165, 1.54) is 6.20 Å². The van der Waals surface area contributed by atoms with Crippen LogP contribution in [0.15, 0.2) is 18.3 Å². The van der Waals surface area contributed by atoms with Crippen LogP contribution in [0.1, 0.15) is 42.4 Å². The zero-order chi connectivity index (χ0) is 25.4. The van der Waals surface area contributed by atoms with Crippen molar-refractivity contribution in [3.8, 4) is 11.3 Å². The minimum Gasteiger partial charge on any atom is -0.481 e. The number of aromatic nitrogens is 3. The molecule has 1 spiro atoms. The van der Waals surface area contributed by atoms with Crippen LogP contribution in [0, 0.1) is 17.7 Å². The van der Waals surface area contributed by atoms with Crippen molar-refractivity contribution in [3.05, 3.63) is 35.5 Å². The number of carboxylic acid groups (broad SMARTS) is 1. The molecular weight excluding hydrogens is 467 g/mol. The highest BCUT2D eigenvalue weighted by molar-refractivity contribution is 6.76. The number of aryl methyl sites for hydroxylation is 1. The second kappa shape index (κ2) is 9.91. The molecule has 3 atom stereocenters. The number of carboxylic acids is 1. The first-order valence-electron chi connectivity index (χ1n) is 12.4. The molecule has 2 aromatic rings. The third kappa shape index (κ3) is 5.70. The first kappa shape index (κ1) is 25.7. The fraction of sp³-hybridized carbons (Fsp3) is 0.600. The van der Waals surface area contributed by atoms with Crippen molar-refractivity contribution < 1.29 is 23.8 Å². The third-order valence-corrected chi connectivity index (χ3v) is 8.82. The number of piperidine rings is 1. The number of ether oxygens (including phenoxy) is 1. The van der Waals surface area contributed by atoms with E-state index in [2.05, 4.69) is 35.0 Å². The Balaban J connectivity index is 1.59. The summed E-state index contributed by atoms with van der Waals surface area (Å²) in [7, 11) is -1.28. The lowest BCUT2D eigenvalue weighted by molar-refractivity contribution is -0.143. The molecule has 3 heterocycles. The van der Waals surface area contributed by atoms with Gasteiger partial charge in [0.25, 0.3) is 0 Å². The lowest BCUT2D eigenvalue weighted by Gasteiger charge is -2.28. The predicted octanol–water partition coefficient (Wildman–Crippen LogP) is 3.98. The molecule has 0 bridgehead atoms. The third-order valence-electron chi connectivity index (χ3n) is 7.11. The zero-order valence-electron chi connectivity index (χ0n) is 20.9. The van der Waals surface area contributed by atoms with Gasteiger partial charge in [-0.2, -0.15) is 5.10 Å². The van der Waals surface area contributed by atoms with E-state index < -0.39 is 31.3 Å². The summed E-state index contributed by atoms with van der Waals surface area (Å²) in [6.07, 6.45) is 3.44. The van der Waals surface area contributed by atoms with Gasteiger partial charge in [-0.15, -0.1) is 0 Å². The summed E-state index contributed by atoms with van der Waals surface area (Å²) in [6, 6.07) is 4.31. The number of nitrogens with zero attached hydrogens (tertiary/aromatic N) is 3. The standard InChI is InChI=1S/C25H35FN4O4Si/c1-5-17-10-18(20(26)14-27-17)22-11-21(29-30(22)15-34-8-9-35(2,3)4)23(31)19-13-25(19)12-16(24(32)33)6-7-28-25/h10-11,14,16,19,28H,5-9,12-13,15H2,1-4H3,(H,32,33). The second-order valence-corrected chi connectivity index (χ2v) is 16.6. The Kier molecular flexibility index (Phi) is 7.26. The molecule has 2 aromatic heterocycles. The first-order valence-corrected chi connectivity index (χ1v) is 16.1. The van der Waals surface area contributed by atoms with Crippen LogP contribution in [0.3, 0.4) is 0 Å². The summed E-state index contributed by atoms with van der Waals surface area (Å²) in [4.78, 5) is 29.0. The molecule has 2 aliphatic rings. The van der Waals surface area contributed by atoms with Crippen molar-refractivity contribution in [2.45, 2.75) is 70.6 Å². The average Bonchev–Trinajstić information content (AvgIpc) is 3.31. The van der Waals surface area contributed by atoms with Gasteiger partial charge in [0, 0.05) is 37.4 Å². The van der Waals surface area contributed by atoms with Crippen LogP contribution in [0.2, 0.25) is 25.7 Å². The second-order valence-electron chi connectivity index (χ2n) is 11.0. The molecule has 1 saturated heterocycles. The maximum atomic E-state index is 14.8. The SMILES string of the molecule is CCc1cc(-c2cc(C(=O)C3CC34CC(C(=O)O)CCN4)nn2COCC[Si](C)(C)C)c(F)cn1. The molecule has 2 fully saturated rings. The Morgan fingerprint density at radius 3 is 2.77 bits per heavy atom. The normalized spacial score (nSPS) is 24.0. The quantitative estimate of drug-likeness (QED) is 0.287. The largest absolute Gasteiger partial charge is 0.481 e. The van der Waals surface area contributed by atoms with Gasteiger partial charge in [-0.1, -0.05) is 26.6 Å². The Labute approximate surface area is 206 Å². The van der Waals surface area contributed by atoms with E-state index in [4.69, 9.17) is 4.74 Å². The summed E-state index contributed by atoms with van der Waals surface area (Å²) >= 11 is 0. The van der Waals surface area contributed by atoms with E-state index in [1.54, 1.807) is 16.8 Å². The van der Waals surface area contributed by atoms with E-state index in [0.29, 0.717) is 50.1 Å². The van der Waals surface area contributed by atoms with Gasteiger partial charge >= 0.3 is 5.97 Å². The highest BCUT2D eigenvalue weighted by Crippen LogP contribution is 2.51. The van der Waals surface area contributed by atoms with E-state index in [1.807, 2.05) is 6.92 Å². The smallest absolute Gasteiger partial charge is 0.306 e. The summed E-state index contributed by atoms with van der Waals surface area (Å²) < 4.78 is 22.2. The Morgan fingerprint density at radius 1 is 1.31 bits per heavy atom. The van der Waals surface area contributed by atoms with E-state index >= 15 is 0 Å². The number of hydrogen-bond donors (Lipinski definition) is 2. The molecule has 190 valence electrons. The van der Waals surface area contributed by atoms with Crippen LogP contribution >= 0.6 is 0 Å². The summed E-state index contributed by atoms with van der Waals surface area (Å²) in [5.41, 5.74) is 1.33. The maximum absolute atomic E-state index is 14.8. The lowest BCUT2D eigenvalue weighted by Crippen LogP contribution is -2.44. The van der Waals surface area contributed by atoms with Gasteiger partial charge in [0.2, 0.25) is 0 Å². The van der Waals surface area contributed by atoms with Crippen LogP contribution < -0.4 is 5.32 Å². The number of carbonyl (C=O) groups is 2. The number of rotatable bonds is 10. The van der Waals surface area contributed by atoms with E-state index in [9.17, 15) is 19.1 Å². The fourth-order valence-electron chi connectivity index (χ4n) is 4.82. The van der Waals surface area contributed by atoms with Gasteiger partial charge < -0.3 is 15.2 Å².